The maximum absolute atomic E-state index is 11.9. The summed E-state index contributed by atoms with van der Waals surface area (Å²) in [6, 6.07) is -0.104. The summed E-state index contributed by atoms with van der Waals surface area (Å²) in [7, 11) is 0. The number of carbonyl (C=O) groups is 2. The topological polar surface area (TPSA) is 79.3 Å². The second-order valence-electron chi connectivity index (χ2n) is 5.19. The van der Waals surface area contributed by atoms with E-state index in [1.807, 2.05) is 37.8 Å². The molecule has 2 atom stereocenters. The van der Waals surface area contributed by atoms with Gasteiger partial charge in [0.25, 0.3) is 0 Å². The lowest BCUT2D eigenvalue weighted by molar-refractivity contribution is -0.126. The quantitative estimate of drug-likeness (QED) is 0.811. The third-order valence-corrected chi connectivity index (χ3v) is 3.60. The minimum atomic E-state index is -0.305. The number of nitrogens with one attached hydrogen (secondary N) is 2. The number of imide groups is 1. The molecule has 20 heavy (non-hydrogen) atoms. The fraction of sp³-hybridized carbons (Fsp3) is 0.615. The number of hydrogen-bond acceptors (Lipinski definition) is 4. The average Bonchev–Trinajstić information content (AvgIpc) is 3.03. The van der Waals surface area contributed by atoms with E-state index in [1.54, 1.807) is 0 Å². The Labute approximate surface area is 118 Å². The van der Waals surface area contributed by atoms with E-state index < -0.39 is 0 Å². The number of urea groups is 1. The summed E-state index contributed by atoms with van der Waals surface area (Å²) in [6.07, 6.45) is 3.78. The molecule has 110 valence electrons. The van der Waals surface area contributed by atoms with Gasteiger partial charge in [-0.2, -0.15) is 5.10 Å². The van der Waals surface area contributed by atoms with E-state index in [4.69, 9.17) is 0 Å². The van der Waals surface area contributed by atoms with Crippen LogP contribution in [-0.2, 0) is 4.79 Å². The first-order valence-electron chi connectivity index (χ1n) is 6.81. The van der Waals surface area contributed by atoms with Crippen LogP contribution in [0.1, 0.15) is 25.5 Å². The minimum Gasteiger partial charge on any atom is -0.336 e. The number of nitrogens with zero attached hydrogens (tertiary/aromatic N) is 3. The first-order valence-corrected chi connectivity index (χ1v) is 6.81. The van der Waals surface area contributed by atoms with Crippen molar-refractivity contribution in [1.29, 1.82) is 0 Å². The molecule has 3 amide bonds. The highest BCUT2D eigenvalue weighted by Gasteiger charge is 2.26. The maximum Gasteiger partial charge on any atom is 0.324 e. The standard InChI is InChI=1S/C13H21N5O2/c1-9-6-16-18(8-9)11(3)10(2)15-7-12(19)17-5-4-14-13(17)20/h6,8,10-11,15H,4-5,7H2,1-3H3,(H,14,20)/t10-,11+/m1/s1. The zero-order valence-electron chi connectivity index (χ0n) is 12.1. The van der Waals surface area contributed by atoms with Crippen molar-refractivity contribution in [1.82, 2.24) is 25.3 Å². The fourth-order valence-corrected chi connectivity index (χ4v) is 2.11. The second kappa shape index (κ2) is 6.04. The number of aryl methyl sites for hydroxylation is 1. The molecule has 1 aliphatic heterocycles. The number of hydrogen-bond donors (Lipinski definition) is 2. The molecule has 1 aromatic rings. The van der Waals surface area contributed by atoms with Crippen molar-refractivity contribution in [2.45, 2.75) is 32.9 Å². The van der Waals surface area contributed by atoms with Crippen molar-refractivity contribution in [3.63, 3.8) is 0 Å². The van der Waals surface area contributed by atoms with Gasteiger partial charge in [-0.1, -0.05) is 0 Å². The van der Waals surface area contributed by atoms with Gasteiger partial charge < -0.3 is 10.6 Å². The Bertz CT molecular complexity index is 499. The molecule has 0 unspecified atom stereocenters. The summed E-state index contributed by atoms with van der Waals surface area (Å²) in [4.78, 5) is 24.5. The molecule has 2 heterocycles. The van der Waals surface area contributed by atoms with Crippen molar-refractivity contribution >= 4 is 11.9 Å². The SMILES string of the molecule is Cc1cnn([C@@H](C)[C@@H](C)NCC(=O)N2CCNC2=O)c1. The summed E-state index contributed by atoms with van der Waals surface area (Å²) < 4.78 is 1.88. The Morgan fingerprint density at radius 3 is 2.85 bits per heavy atom. The van der Waals surface area contributed by atoms with Crippen LogP contribution in [0.4, 0.5) is 4.79 Å². The Morgan fingerprint density at radius 2 is 2.30 bits per heavy atom. The van der Waals surface area contributed by atoms with Crippen LogP contribution in [0.3, 0.4) is 0 Å². The van der Waals surface area contributed by atoms with Gasteiger partial charge in [-0.05, 0) is 26.3 Å². The molecule has 0 radical (unpaired) electrons. The predicted molar refractivity (Wildman–Crippen MR) is 74.3 cm³/mol. The molecular formula is C13H21N5O2. The van der Waals surface area contributed by atoms with Gasteiger partial charge in [-0.15, -0.1) is 0 Å². The first kappa shape index (κ1) is 14.5. The smallest absolute Gasteiger partial charge is 0.324 e. The molecule has 0 aliphatic carbocycles. The lowest BCUT2D eigenvalue weighted by Crippen LogP contribution is -2.44. The van der Waals surface area contributed by atoms with Crippen LogP contribution in [-0.4, -0.2) is 52.3 Å². The molecule has 7 heteroatoms. The largest absolute Gasteiger partial charge is 0.336 e. The Balaban J connectivity index is 1.84. The normalized spacial score (nSPS) is 17.9. The monoisotopic (exact) mass is 279 g/mol. The number of amides is 3. The third-order valence-electron chi connectivity index (χ3n) is 3.60. The molecule has 7 nitrogen and oxygen atoms in total. The van der Waals surface area contributed by atoms with Crippen LogP contribution in [0.15, 0.2) is 12.4 Å². The highest BCUT2D eigenvalue weighted by Crippen LogP contribution is 2.10. The second-order valence-corrected chi connectivity index (χ2v) is 5.19. The molecule has 0 bridgehead atoms. The molecule has 0 aromatic carbocycles. The molecule has 1 saturated heterocycles. The Kier molecular flexibility index (Phi) is 4.39. The maximum atomic E-state index is 11.9. The summed E-state index contributed by atoms with van der Waals surface area (Å²) in [5.41, 5.74) is 1.11. The van der Waals surface area contributed by atoms with Gasteiger partial charge in [0.05, 0.1) is 18.8 Å². The van der Waals surface area contributed by atoms with Crippen molar-refractivity contribution in [3.8, 4) is 0 Å². The van der Waals surface area contributed by atoms with Crippen molar-refractivity contribution in [2.24, 2.45) is 0 Å². The van der Waals surface area contributed by atoms with Crippen LogP contribution in [0, 0.1) is 6.92 Å². The molecule has 2 rings (SSSR count). The summed E-state index contributed by atoms with van der Waals surface area (Å²) >= 11 is 0. The van der Waals surface area contributed by atoms with Gasteiger partial charge in [0.1, 0.15) is 0 Å². The minimum absolute atomic E-state index is 0.0731. The first-order chi connectivity index (χ1) is 9.49. The predicted octanol–water partition coefficient (Wildman–Crippen LogP) is 0.282. The van der Waals surface area contributed by atoms with Gasteiger partial charge in [0.15, 0.2) is 0 Å². The lowest BCUT2D eigenvalue weighted by Gasteiger charge is -2.22. The highest BCUT2D eigenvalue weighted by molar-refractivity contribution is 5.96. The van der Waals surface area contributed by atoms with Gasteiger partial charge in [0, 0.05) is 25.3 Å². The van der Waals surface area contributed by atoms with Crippen molar-refractivity contribution in [2.75, 3.05) is 19.6 Å². The van der Waals surface area contributed by atoms with Gasteiger partial charge in [-0.3, -0.25) is 14.4 Å². The fourth-order valence-electron chi connectivity index (χ4n) is 2.11. The van der Waals surface area contributed by atoms with Crippen LogP contribution in [0.25, 0.3) is 0 Å². The molecule has 1 aliphatic rings. The van der Waals surface area contributed by atoms with Crippen LogP contribution in [0.5, 0.6) is 0 Å². The average molecular weight is 279 g/mol. The zero-order chi connectivity index (χ0) is 14.7. The molecule has 0 spiro atoms. The van der Waals surface area contributed by atoms with E-state index in [1.165, 1.54) is 4.90 Å². The van der Waals surface area contributed by atoms with Crippen LogP contribution < -0.4 is 10.6 Å². The summed E-state index contributed by atoms with van der Waals surface area (Å²) in [5, 5.41) is 10.0. The summed E-state index contributed by atoms with van der Waals surface area (Å²) in [5.74, 6) is -0.198. The number of aromatic nitrogens is 2. The Morgan fingerprint density at radius 1 is 1.55 bits per heavy atom. The van der Waals surface area contributed by atoms with E-state index in [2.05, 4.69) is 15.7 Å². The molecular weight excluding hydrogens is 258 g/mol. The number of carbonyl (C=O) groups excluding carboxylic acids is 2. The van der Waals surface area contributed by atoms with Crippen LogP contribution >= 0.6 is 0 Å². The lowest BCUT2D eigenvalue weighted by atomic mass is 10.1. The van der Waals surface area contributed by atoms with Gasteiger partial charge in [-0.25, -0.2) is 4.79 Å². The molecule has 0 saturated carbocycles. The van der Waals surface area contributed by atoms with E-state index in [0.29, 0.717) is 13.1 Å². The Hall–Kier alpha value is -1.89. The van der Waals surface area contributed by atoms with Crippen molar-refractivity contribution < 1.29 is 9.59 Å². The van der Waals surface area contributed by atoms with E-state index in [-0.39, 0.29) is 30.6 Å². The van der Waals surface area contributed by atoms with Gasteiger partial charge in [0.2, 0.25) is 5.91 Å². The van der Waals surface area contributed by atoms with Crippen molar-refractivity contribution in [3.05, 3.63) is 18.0 Å². The van der Waals surface area contributed by atoms with Gasteiger partial charge >= 0.3 is 6.03 Å². The van der Waals surface area contributed by atoms with E-state index >= 15 is 0 Å². The van der Waals surface area contributed by atoms with E-state index in [9.17, 15) is 9.59 Å². The van der Waals surface area contributed by atoms with E-state index in [0.717, 1.165) is 5.56 Å². The van der Waals surface area contributed by atoms with Crippen LogP contribution in [0.2, 0.25) is 0 Å². The summed E-state index contributed by atoms with van der Waals surface area (Å²) in [6.45, 7) is 7.16. The third kappa shape index (κ3) is 3.16. The molecule has 1 fully saturated rings. The highest BCUT2D eigenvalue weighted by atomic mass is 16.2. The number of rotatable bonds is 5. The molecule has 1 aromatic heterocycles. The zero-order valence-corrected chi connectivity index (χ0v) is 12.1. The molecule has 2 N–H and O–H groups in total.